The Morgan fingerprint density at radius 3 is 2.64 bits per heavy atom. The van der Waals surface area contributed by atoms with Crippen LogP contribution < -0.4 is 4.74 Å². The summed E-state index contributed by atoms with van der Waals surface area (Å²) >= 11 is 0. The molecule has 0 aliphatic carbocycles. The van der Waals surface area contributed by atoms with Crippen LogP contribution in [0.15, 0.2) is 53.4 Å². The summed E-state index contributed by atoms with van der Waals surface area (Å²) in [5, 5.41) is 0. The molecule has 0 saturated carbocycles. The molecule has 0 fully saturated rings. The van der Waals surface area contributed by atoms with Crippen molar-refractivity contribution in [3.63, 3.8) is 0 Å². The highest BCUT2D eigenvalue weighted by Crippen LogP contribution is 2.36. The molecule has 2 aromatic heterocycles. The lowest BCUT2D eigenvalue weighted by Crippen LogP contribution is -2.10. The maximum absolute atomic E-state index is 13.6. The van der Waals surface area contributed by atoms with E-state index in [2.05, 4.69) is 15.0 Å². The molecule has 3 heterocycles. The number of hydrogen-bond acceptors (Lipinski definition) is 5. The monoisotopic (exact) mass is 393 g/mol. The number of halogens is 4. The highest BCUT2D eigenvalue weighted by molar-refractivity contribution is 5.82. The van der Waals surface area contributed by atoms with Gasteiger partial charge in [0.25, 0.3) is 0 Å². The average Bonchev–Trinajstić information content (AvgIpc) is 2.82. The second-order valence-electron chi connectivity index (χ2n) is 5.83. The third kappa shape index (κ3) is 4.19. The summed E-state index contributed by atoms with van der Waals surface area (Å²) in [7, 11) is 1.40. The highest BCUT2D eigenvalue weighted by atomic mass is 19.4. The van der Waals surface area contributed by atoms with Crippen molar-refractivity contribution in [1.29, 1.82) is 0 Å². The predicted molar refractivity (Wildman–Crippen MR) is 94.5 cm³/mol. The van der Waals surface area contributed by atoms with Gasteiger partial charge in [-0.1, -0.05) is 0 Å². The second kappa shape index (κ2) is 7.79. The summed E-state index contributed by atoms with van der Waals surface area (Å²) in [5.41, 5.74) is -0.0707. The third-order valence-corrected chi connectivity index (χ3v) is 3.89. The molecule has 0 saturated heterocycles. The van der Waals surface area contributed by atoms with Crippen LogP contribution in [0.25, 0.3) is 5.57 Å². The van der Waals surface area contributed by atoms with Gasteiger partial charge in [-0.05, 0) is 43.2 Å². The Hall–Kier alpha value is -3.23. The molecule has 0 aromatic carbocycles. The number of aryl methyl sites for hydroxylation is 1. The molecule has 1 aliphatic rings. The van der Waals surface area contributed by atoms with E-state index in [9.17, 15) is 17.6 Å². The first kappa shape index (κ1) is 19.5. The minimum Gasteiger partial charge on any atom is -0.481 e. The second-order valence-corrected chi connectivity index (χ2v) is 5.83. The topological polar surface area (TPSA) is 56.6 Å². The summed E-state index contributed by atoms with van der Waals surface area (Å²) < 4.78 is 63.1. The lowest BCUT2D eigenvalue weighted by Gasteiger charge is -2.14. The van der Waals surface area contributed by atoms with Crippen LogP contribution in [0.2, 0.25) is 0 Å². The Balaban J connectivity index is 1.99. The molecule has 2 aromatic rings. The fourth-order valence-corrected chi connectivity index (χ4v) is 2.65. The van der Waals surface area contributed by atoms with Crippen LogP contribution in [0, 0.1) is 6.92 Å². The molecule has 0 amide bonds. The van der Waals surface area contributed by atoms with Gasteiger partial charge >= 0.3 is 6.18 Å². The molecule has 0 spiro atoms. The number of hydrogen-bond donors (Lipinski definition) is 0. The summed E-state index contributed by atoms with van der Waals surface area (Å²) in [6.45, 7) is 1.29. The van der Waals surface area contributed by atoms with Crippen LogP contribution >= 0.6 is 0 Å². The molecule has 0 radical (unpaired) electrons. The molecule has 0 bridgehead atoms. The molecule has 0 N–H and O–H groups in total. The molecule has 0 unspecified atom stereocenters. The van der Waals surface area contributed by atoms with E-state index in [1.54, 1.807) is 12.1 Å². The van der Waals surface area contributed by atoms with Gasteiger partial charge in [-0.15, -0.1) is 0 Å². The number of methoxy groups -OCH3 is 1. The number of aliphatic imine (C=N–C) groups is 1. The summed E-state index contributed by atoms with van der Waals surface area (Å²) in [5.74, 6) is -0.135. The molecule has 146 valence electrons. The summed E-state index contributed by atoms with van der Waals surface area (Å²) in [6, 6.07) is 4.55. The van der Waals surface area contributed by atoms with Gasteiger partial charge in [0.05, 0.1) is 19.5 Å². The molecule has 1 aliphatic heterocycles. The zero-order valence-electron chi connectivity index (χ0n) is 14.9. The number of nitrogens with zero attached hydrogens (tertiary/aromatic N) is 3. The van der Waals surface area contributed by atoms with Gasteiger partial charge < -0.3 is 9.47 Å². The SMILES string of the molecule is COC1=C(c2cccnc2Oc2cnc(C(F)(F)F)c(C)c2)CC=C(F)C=N1. The highest BCUT2D eigenvalue weighted by Gasteiger charge is 2.34. The van der Waals surface area contributed by atoms with E-state index in [4.69, 9.17) is 9.47 Å². The quantitative estimate of drug-likeness (QED) is 0.667. The zero-order chi connectivity index (χ0) is 20.3. The number of ether oxygens (including phenoxy) is 2. The predicted octanol–water partition coefficient (Wildman–Crippen LogP) is 5.24. The van der Waals surface area contributed by atoms with Crippen molar-refractivity contribution in [2.45, 2.75) is 19.5 Å². The fourth-order valence-electron chi connectivity index (χ4n) is 2.65. The minimum atomic E-state index is -4.55. The Morgan fingerprint density at radius 1 is 1.18 bits per heavy atom. The molecular formula is C19H15F4N3O2. The lowest BCUT2D eigenvalue weighted by molar-refractivity contribution is -0.141. The number of alkyl halides is 3. The molecular weight excluding hydrogens is 378 g/mol. The van der Waals surface area contributed by atoms with Crippen LogP contribution in [-0.2, 0) is 10.9 Å². The first-order valence-corrected chi connectivity index (χ1v) is 8.13. The first-order chi connectivity index (χ1) is 13.3. The van der Waals surface area contributed by atoms with Gasteiger partial charge in [-0.2, -0.15) is 13.2 Å². The Kier molecular flexibility index (Phi) is 5.43. The van der Waals surface area contributed by atoms with Gasteiger partial charge in [0.15, 0.2) is 0 Å². The Morgan fingerprint density at radius 2 is 1.96 bits per heavy atom. The van der Waals surface area contributed by atoms with Crippen molar-refractivity contribution in [1.82, 2.24) is 9.97 Å². The van der Waals surface area contributed by atoms with E-state index >= 15 is 0 Å². The Labute approximate surface area is 158 Å². The minimum absolute atomic E-state index is 0.0802. The van der Waals surface area contributed by atoms with Gasteiger partial charge in [0.1, 0.15) is 17.3 Å². The zero-order valence-corrected chi connectivity index (χ0v) is 14.9. The van der Waals surface area contributed by atoms with Gasteiger partial charge in [0, 0.05) is 17.3 Å². The van der Waals surface area contributed by atoms with Crippen molar-refractivity contribution in [2.75, 3.05) is 7.11 Å². The number of pyridine rings is 2. The van der Waals surface area contributed by atoms with Crippen LogP contribution in [0.4, 0.5) is 17.6 Å². The van der Waals surface area contributed by atoms with E-state index < -0.39 is 17.7 Å². The van der Waals surface area contributed by atoms with Crippen molar-refractivity contribution in [3.05, 3.63) is 65.2 Å². The van der Waals surface area contributed by atoms with Gasteiger partial charge in [-0.3, -0.25) is 0 Å². The standard InChI is InChI=1S/C19H15F4N3O2/c1-11-8-13(10-25-16(11)19(21,22)23)28-18-14(4-3-7-24-18)15-6-5-12(20)9-26-17(15)27-2/h3-5,7-10H,6H2,1-2H3. The van der Waals surface area contributed by atoms with E-state index in [0.29, 0.717) is 11.1 Å². The maximum Gasteiger partial charge on any atom is 0.433 e. The van der Waals surface area contributed by atoms with Crippen molar-refractivity contribution in [2.24, 2.45) is 4.99 Å². The average molecular weight is 393 g/mol. The van der Waals surface area contributed by atoms with Crippen molar-refractivity contribution < 1.29 is 27.0 Å². The molecule has 9 heteroatoms. The third-order valence-electron chi connectivity index (χ3n) is 3.89. The first-order valence-electron chi connectivity index (χ1n) is 8.13. The van der Waals surface area contributed by atoms with Crippen LogP contribution in [0.5, 0.6) is 11.6 Å². The largest absolute Gasteiger partial charge is 0.481 e. The number of aromatic nitrogens is 2. The number of allylic oxidation sites excluding steroid dienone is 3. The Bertz CT molecular complexity index is 981. The van der Waals surface area contributed by atoms with E-state index in [1.807, 2.05) is 0 Å². The lowest BCUT2D eigenvalue weighted by atomic mass is 10.0. The maximum atomic E-state index is 13.6. The summed E-state index contributed by atoms with van der Waals surface area (Å²) in [4.78, 5) is 11.5. The van der Waals surface area contributed by atoms with E-state index in [1.165, 1.54) is 32.4 Å². The van der Waals surface area contributed by atoms with Crippen LogP contribution in [0.1, 0.15) is 23.2 Å². The van der Waals surface area contributed by atoms with E-state index in [-0.39, 0.29) is 29.5 Å². The van der Waals surface area contributed by atoms with Crippen molar-refractivity contribution >= 4 is 11.8 Å². The summed E-state index contributed by atoms with van der Waals surface area (Å²) in [6.07, 6.45) is 0.418. The van der Waals surface area contributed by atoms with Gasteiger partial charge in [-0.25, -0.2) is 19.4 Å². The molecule has 28 heavy (non-hydrogen) atoms. The van der Waals surface area contributed by atoms with Gasteiger partial charge in [0.2, 0.25) is 11.8 Å². The van der Waals surface area contributed by atoms with Crippen LogP contribution in [-0.4, -0.2) is 23.3 Å². The van der Waals surface area contributed by atoms with E-state index in [0.717, 1.165) is 12.4 Å². The number of rotatable bonds is 4. The molecule has 5 nitrogen and oxygen atoms in total. The molecule has 3 rings (SSSR count). The molecule has 0 atom stereocenters. The van der Waals surface area contributed by atoms with Crippen molar-refractivity contribution in [3.8, 4) is 11.6 Å². The smallest absolute Gasteiger partial charge is 0.433 e. The normalized spacial score (nSPS) is 14.6. The van der Waals surface area contributed by atoms with Crippen LogP contribution in [0.3, 0.4) is 0 Å². The fraction of sp³-hybridized carbons (Fsp3) is 0.211.